The highest BCUT2D eigenvalue weighted by Gasteiger charge is 2.17. The van der Waals surface area contributed by atoms with E-state index in [0.29, 0.717) is 13.0 Å². The van der Waals surface area contributed by atoms with E-state index in [1.807, 2.05) is 0 Å². The second kappa shape index (κ2) is 28.3. The smallest absolute Gasteiger partial charge is 0.332 e. The quantitative estimate of drug-likeness (QED) is 0.0851. The van der Waals surface area contributed by atoms with E-state index in [0.717, 1.165) is 44.8 Å². The molecule has 4 nitrogen and oxygen atoms in total. The average molecular weight is 483 g/mol. The van der Waals surface area contributed by atoms with Crippen LogP contribution in [0.3, 0.4) is 0 Å². The predicted molar refractivity (Wildman–Crippen MR) is 145 cm³/mol. The van der Waals surface area contributed by atoms with Crippen molar-refractivity contribution in [2.24, 2.45) is 0 Å². The summed E-state index contributed by atoms with van der Waals surface area (Å²) in [6.07, 6.45) is 30.6. The zero-order valence-electron chi connectivity index (χ0n) is 22.7. The van der Waals surface area contributed by atoms with Crippen molar-refractivity contribution in [1.29, 1.82) is 0 Å². The molecule has 0 aromatic heterocycles. The first-order valence-electron chi connectivity index (χ1n) is 15.0. The number of ether oxygens (including phenoxy) is 1. The molecule has 0 saturated heterocycles. The molecule has 0 saturated carbocycles. The molecule has 0 heterocycles. The Morgan fingerprint density at radius 1 is 0.618 bits per heavy atom. The van der Waals surface area contributed by atoms with Crippen molar-refractivity contribution in [2.45, 2.75) is 174 Å². The van der Waals surface area contributed by atoms with Crippen LogP contribution in [0.1, 0.15) is 167 Å². The van der Waals surface area contributed by atoms with Crippen molar-refractivity contribution < 1.29 is 19.4 Å². The summed E-state index contributed by atoms with van der Waals surface area (Å²) in [5.74, 6) is -0.796. The van der Waals surface area contributed by atoms with E-state index in [-0.39, 0.29) is 0 Å². The summed E-state index contributed by atoms with van der Waals surface area (Å²) in [5, 5.41) is 9.41. The predicted octanol–water partition coefficient (Wildman–Crippen LogP) is 9.43. The number of rotatable bonds is 29. The summed E-state index contributed by atoms with van der Waals surface area (Å²) in [6.45, 7) is 2.85. The van der Waals surface area contributed by atoms with E-state index >= 15 is 0 Å². The lowest BCUT2D eigenvalue weighted by Crippen LogP contribution is -2.24. The molecule has 1 N–H and O–H groups in total. The molecule has 1 atom stereocenters. The van der Waals surface area contributed by atoms with E-state index in [2.05, 4.69) is 6.92 Å². The van der Waals surface area contributed by atoms with Gasteiger partial charge in [0.15, 0.2) is 6.10 Å². The first-order valence-corrected chi connectivity index (χ1v) is 15.0. The summed E-state index contributed by atoms with van der Waals surface area (Å²) < 4.78 is 5.68. The number of unbranched alkanes of at least 4 members (excludes halogenated alkanes) is 22. The van der Waals surface area contributed by atoms with Gasteiger partial charge < -0.3 is 14.6 Å². The van der Waals surface area contributed by atoms with Crippen LogP contribution in [-0.2, 0) is 14.3 Å². The lowest BCUT2D eigenvalue weighted by molar-refractivity contribution is -0.151. The number of carboxylic acids is 1. The third-order valence-electron chi connectivity index (χ3n) is 6.88. The highest BCUT2D eigenvalue weighted by atomic mass is 16.5. The molecule has 1 unspecified atom stereocenters. The molecule has 0 spiro atoms. The molecule has 202 valence electrons. The molecular weight excluding hydrogens is 424 g/mol. The van der Waals surface area contributed by atoms with Gasteiger partial charge in [0, 0.05) is 13.0 Å². The van der Waals surface area contributed by atoms with Gasteiger partial charge in [0.05, 0.1) is 0 Å². The van der Waals surface area contributed by atoms with Gasteiger partial charge >= 0.3 is 5.97 Å². The molecule has 4 heteroatoms. The molecule has 0 aromatic rings. The van der Waals surface area contributed by atoms with Crippen molar-refractivity contribution in [2.75, 3.05) is 6.61 Å². The monoisotopic (exact) mass is 482 g/mol. The number of carbonyl (C=O) groups is 2. The summed E-state index contributed by atoms with van der Waals surface area (Å²) in [6, 6.07) is 0. The standard InChI is InChI=1S/C30H58O4/c1-2-3-4-5-6-7-16-19-22-25-28-34-29(30(32)33)26-23-20-17-14-12-10-8-9-11-13-15-18-21-24-27-31/h27,29H,2-26,28H2,1H3,(H,32,33). The van der Waals surface area contributed by atoms with Crippen molar-refractivity contribution in [3.05, 3.63) is 0 Å². The number of aliphatic carboxylic acids is 1. The van der Waals surface area contributed by atoms with Gasteiger partial charge in [-0.1, -0.05) is 142 Å². The highest BCUT2D eigenvalue weighted by molar-refractivity contribution is 5.72. The molecule has 34 heavy (non-hydrogen) atoms. The minimum absolute atomic E-state index is 0.589. The van der Waals surface area contributed by atoms with E-state index in [4.69, 9.17) is 4.74 Å². The SMILES string of the molecule is CCCCCCCCCCCCOC(CCCCCCCCCCCCCCCC=O)C(=O)O. The Bertz CT molecular complexity index is 424. The third kappa shape index (κ3) is 25.7. The van der Waals surface area contributed by atoms with Gasteiger partial charge in [0.1, 0.15) is 6.29 Å². The van der Waals surface area contributed by atoms with Gasteiger partial charge in [-0.3, -0.25) is 0 Å². The maximum absolute atomic E-state index is 11.5. The Kier molecular flexibility index (Phi) is 27.6. The number of aldehydes is 1. The van der Waals surface area contributed by atoms with Crippen LogP contribution in [0.15, 0.2) is 0 Å². The van der Waals surface area contributed by atoms with Gasteiger partial charge in [-0.2, -0.15) is 0 Å². The van der Waals surface area contributed by atoms with Crippen LogP contribution in [0.25, 0.3) is 0 Å². The minimum atomic E-state index is -0.796. The second-order valence-corrected chi connectivity index (χ2v) is 10.2. The van der Waals surface area contributed by atoms with Gasteiger partial charge in [0.25, 0.3) is 0 Å². The van der Waals surface area contributed by atoms with Crippen LogP contribution in [0.2, 0.25) is 0 Å². The fourth-order valence-corrected chi connectivity index (χ4v) is 4.60. The summed E-state index contributed by atoms with van der Waals surface area (Å²) in [7, 11) is 0. The van der Waals surface area contributed by atoms with Crippen molar-refractivity contribution >= 4 is 12.3 Å². The summed E-state index contributed by atoms with van der Waals surface area (Å²) in [5.41, 5.74) is 0. The van der Waals surface area contributed by atoms with E-state index < -0.39 is 12.1 Å². The van der Waals surface area contributed by atoms with Gasteiger partial charge in [0.2, 0.25) is 0 Å². The maximum Gasteiger partial charge on any atom is 0.332 e. The molecule has 0 bridgehead atoms. The number of carboxylic acid groups (broad SMARTS) is 1. The normalized spacial score (nSPS) is 12.1. The Hall–Kier alpha value is -0.900. The molecular formula is C30H58O4. The average Bonchev–Trinajstić information content (AvgIpc) is 2.83. The lowest BCUT2D eigenvalue weighted by atomic mass is 10.0. The Balaban J connectivity index is 3.40. The van der Waals surface area contributed by atoms with E-state index in [1.54, 1.807) is 0 Å². The number of hydrogen-bond acceptors (Lipinski definition) is 3. The highest BCUT2D eigenvalue weighted by Crippen LogP contribution is 2.15. The molecule has 0 rings (SSSR count). The van der Waals surface area contributed by atoms with Crippen LogP contribution in [0.4, 0.5) is 0 Å². The molecule has 0 aromatic carbocycles. The Morgan fingerprint density at radius 3 is 1.41 bits per heavy atom. The van der Waals surface area contributed by atoms with Crippen LogP contribution < -0.4 is 0 Å². The molecule has 0 aliphatic rings. The van der Waals surface area contributed by atoms with Gasteiger partial charge in [-0.25, -0.2) is 4.79 Å². The van der Waals surface area contributed by atoms with Crippen molar-refractivity contribution in [1.82, 2.24) is 0 Å². The molecule has 0 fully saturated rings. The lowest BCUT2D eigenvalue weighted by Gasteiger charge is -2.13. The molecule has 0 radical (unpaired) electrons. The van der Waals surface area contributed by atoms with Gasteiger partial charge in [-0.05, 0) is 19.3 Å². The van der Waals surface area contributed by atoms with E-state index in [1.165, 1.54) is 116 Å². The van der Waals surface area contributed by atoms with Crippen LogP contribution >= 0.6 is 0 Å². The minimum Gasteiger partial charge on any atom is -0.479 e. The molecule has 0 amide bonds. The van der Waals surface area contributed by atoms with Gasteiger partial charge in [-0.15, -0.1) is 0 Å². The van der Waals surface area contributed by atoms with Crippen LogP contribution in [0.5, 0.6) is 0 Å². The summed E-state index contributed by atoms with van der Waals surface area (Å²) >= 11 is 0. The zero-order valence-corrected chi connectivity index (χ0v) is 22.7. The van der Waals surface area contributed by atoms with Crippen molar-refractivity contribution in [3.8, 4) is 0 Å². The molecule has 0 aliphatic heterocycles. The van der Waals surface area contributed by atoms with Crippen LogP contribution in [0, 0.1) is 0 Å². The Morgan fingerprint density at radius 2 is 1.00 bits per heavy atom. The zero-order chi connectivity index (χ0) is 25.0. The largest absolute Gasteiger partial charge is 0.479 e. The molecule has 0 aliphatic carbocycles. The maximum atomic E-state index is 11.5. The van der Waals surface area contributed by atoms with E-state index in [9.17, 15) is 14.7 Å². The first-order chi connectivity index (χ1) is 16.7. The van der Waals surface area contributed by atoms with Crippen molar-refractivity contribution in [3.63, 3.8) is 0 Å². The first kappa shape index (κ1) is 33.1. The summed E-state index contributed by atoms with van der Waals surface area (Å²) in [4.78, 5) is 21.7. The second-order valence-electron chi connectivity index (χ2n) is 10.2. The number of hydrogen-bond donors (Lipinski definition) is 1. The fraction of sp³-hybridized carbons (Fsp3) is 0.933. The Labute approximate surface area is 212 Å². The topological polar surface area (TPSA) is 63.6 Å². The fourth-order valence-electron chi connectivity index (χ4n) is 4.60. The van der Waals surface area contributed by atoms with Crippen LogP contribution in [-0.4, -0.2) is 30.1 Å². The number of carbonyl (C=O) groups excluding carboxylic acids is 1. The third-order valence-corrected chi connectivity index (χ3v) is 6.88.